The monoisotopic (exact) mass is 282 g/mol. The van der Waals surface area contributed by atoms with Crippen molar-refractivity contribution < 1.29 is 14.7 Å². The van der Waals surface area contributed by atoms with E-state index in [1.807, 2.05) is 0 Å². The number of carbonyl (C=O) groups excluding carboxylic acids is 1. The smallest absolute Gasteiger partial charge is 0.308 e. The van der Waals surface area contributed by atoms with E-state index in [1.165, 1.54) is 0 Å². The van der Waals surface area contributed by atoms with Crippen molar-refractivity contribution in [3.05, 3.63) is 0 Å². The predicted molar refractivity (Wildman–Crippen MR) is 76.4 cm³/mol. The molecule has 114 valence electrons. The highest BCUT2D eigenvalue weighted by Crippen LogP contribution is 2.34. The maximum atomic E-state index is 12.7. The van der Waals surface area contributed by atoms with Crippen LogP contribution in [0.2, 0.25) is 0 Å². The highest BCUT2D eigenvalue weighted by atomic mass is 16.4. The van der Waals surface area contributed by atoms with Crippen LogP contribution in [0.15, 0.2) is 0 Å². The third-order valence-corrected chi connectivity index (χ3v) is 5.12. The highest BCUT2D eigenvalue weighted by molar-refractivity contribution is 5.84. The van der Waals surface area contributed by atoms with Crippen LogP contribution in [0, 0.1) is 11.3 Å². The predicted octanol–water partition coefficient (Wildman–Crippen LogP) is 1.53. The average Bonchev–Trinajstić information content (AvgIpc) is 2.48. The van der Waals surface area contributed by atoms with Crippen molar-refractivity contribution in [3.8, 4) is 0 Å². The van der Waals surface area contributed by atoms with E-state index in [9.17, 15) is 14.7 Å². The number of carbonyl (C=O) groups is 2. The molecule has 1 heterocycles. The molecule has 20 heavy (non-hydrogen) atoms. The van der Waals surface area contributed by atoms with Crippen molar-refractivity contribution in [2.45, 2.75) is 57.9 Å². The molecular formula is C15H26N2O3. The van der Waals surface area contributed by atoms with Crippen molar-refractivity contribution in [1.82, 2.24) is 10.6 Å². The van der Waals surface area contributed by atoms with Gasteiger partial charge in [-0.3, -0.25) is 9.59 Å². The van der Waals surface area contributed by atoms with E-state index < -0.39 is 11.9 Å². The molecule has 0 aromatic carbocycles. The van der Waals surface area contributed by atoms with E-state index in [2.05, 4.69) is 17.6 Å². The van der Waals surface area contributed by atoms with Gasteiger partial charge < -0.3 is 15.7 Å². The molecule has 2 aliphatic rings. The standard InChI is InChI=1S/C15H26N2O3/c1-2-15(7-9-16-10-8-15)14(20)17-12-6-4-3-5-11(12)13(18)19/h11-12,16H,2-10H2,1H3,(H,17,20)(H,18,19). The van der Waals surface area contributed by atoms with Gasteiger partial charge in [-0.05, 0) is 45.2 Å². The molecule has 0 radical (unpaired) electrons. The molecule has 5 nitrogen and oxygen atoms in total. The summed E-state index contributed by atoms with van der Waals surface area (Å²) in [6.07, 6.45) is 5.95. The Morgan fingerprint density at radius 1 is 1.25 bits per heavy atom. The lowest BCUT2D eigenvalue weighted by molar-refractivity contribution is -0.145. The Morgan fingerprint density at radius 2 is 1.90 bits per heavy atom. The fourth-order valence-electron chi connectivity index (χ4n) is 3.57. The first-order valence-corrected chi connectivity index (χ1v) is 7.83. The van der Waals surface area contributed by atoms with Crippen LogP contribution >= 0.6 is 0 Å². The van der Waals surface area contributed by atoms with Gasteiger partial charge in [-0.15, -0.1) is 0 Å². The molecule has 1 saturated heterocycles. The fraction of sp³-hybridized carbons (Fsp3) is 0.867. The summed E-state index contributed by atoms with van der Waals surface area (Å²) in [7, 11) is 0. The van der Waals surface area contributed by atoms with Gasteiger partial charge in [0.15, 0.2) is 0 Å². The second kappa shape index (κ2) is 6.57. The number of nitrogens with one attached hydrogen (secondary N) is 2. The molecule has 2 fully saturated rings. The number of piperidine rings is 1. The maximum Gasteiger partial charge on any atom is 0.308 e. The Bertz CT molecular complexity index is 364. The van der Waals surface area contributed by atoms with Crippen LogP contribution in [-0.2, 0) is 9.59 Å². The van der Waals surface area contributed by atoms with Crippen LogP contribution in [0.4, 0.5) is 0 Å². The van der Waals surface area contributed by atoms with Crippen molar-refractivity contribution in [3.63, 3.8) is 0 Å². The minimum absolute atomic E-state index is 0.0691. The molecule has 2 atom stereocenters. The summed E-state index contributed by atoms with van der Waals surface area (Å²) in [5.41, 5.74) is -0.300. The summed E-state index contributed by atoms with van der Waals surface area (Å²) >= 11 is 0. The molecule has 1 amide bonds. The topological polar surface area (TPSA) is 78.4 Å². The molecule has 1 aliphatic carbocycles. The fourth-order valence-corrected chi connectivity index (χ4v) is 3.57. The quantitative estimate of drug-likeness (QED) is 0.730. The lowest BCUT2D eigenvalue weighted by atomic mass is 9.75. The van der Waals surface area contributed by atoms with Crippen molar-refractivity contribution in [2.75, 3.05) is 13.1 Å². The second-order valence-electron chi connectivity index (χ2n) is 6.19. The molecule has 0 spiro atoms. The summed E-state index contributed by atoms with van der Waals surface area (Å²) in [6, 6.07) is -0.188. The van der Waals surface area contributed by atoms with Crippen LogP contribution in [0.1, 0.15) is 51.9 Å². The highest BCUT2D eigenvalue weighted by Gasteiger charge is 2.40. The van der Waals surface area contributed by atoms with Crippen LogP contribution in [0.25, 0.3) is 0 Å². The second-order valence-corrected chi connectivity index (χ2v) is 6.19. The van der Waals surface area contributed by atoms with Gasteiger partial charge in [-0.1, -0.05) is 19.8 Å². The zero-order valence-electron chi connectivity index (χ0n) is 12.3. The van der Waals surface area contributed by atoms with E-state index >= 15 is 0 Å². The number of carboxylic acids is 1. The van der Waals surface area contributed by atoms with Crippen molar-refractivity contribution >= 4 is 11.9 Å². The van der Waals surface area contributed by atoms with Gasteiger partial charge in [-0.25, -0.2) is 0 Å². The first kappa shape index (κ1) is 15.3. The molecule has 5 heteroatoms. The lowest BCUT2D eigenvalue weighted by Crippen LogP contribution is -2.53. The molecule has 0 aromatic rings. The van der Waals surface area contributed by atoms with Crippen molar-refractivity contribution in [2.24, 2.45) is 11.3 Å². The van der Waals surface area contributed by atoms with E-state index in [4.69, 9.17) is 0 Å². The SMILES string of the molecule is CCC1(C(=O)NC2CCCCC2C(=O)O)CCNCC1. The Hall–Kier alpha value is -1.10. The van der Waals surface area contributed by atoms with Gasteiger partial charge in [0.2, 0.25) is 5.91 Å². The van der Waals surface area contributed by atoms with Crippen LogP contribution in [-0.4, -0.2) is 36.1 Å². The zero-order valence-corrected chi connectivity index (χ0v) is 12.3. The van der Waals surface area contributed by atoms with Crippen LogP contribution in [0.3, 0.4) is 0 Å². The minimum atomic E-state index is -0.772. The zero-order chi connectivity index (χ0) is 14.6. The molecule has 1 saturated carbocycles. The molecule has 2 unspecified atom stereocenters. The minimum Gasteiger partial charge on any atom is -0.481 e. The number of carboxylic acid groups (broad SMARTS) is 1. The number of amides is 1. The van der Waals surface area contributed by atoms with Gasteiger partial charge >= 0.3 is 5.97 Å². The third kappa shape index (κ3) is 3.14. The van der Waals surface area contributed by atoms with Gasteiger partial charge in [0.25, 0.3) is 0 Å². The summed E-state index contributed by atoms with van der Waals surface area (Å²) in [4.78, 5) is 24.0. The normalized spacial score (nSPS) is 29.6. The first-order valence-electron chi connectivity index (χ1n) is 7.83. The summed E-state index contributed by atoms with van der Waals surface area (Å²) in [6.45, 7) is 3.79. The number of rotatable bonds is 4. The van der Waals surface area contributed by atoms with E-state index in [-0.39, 0.29) is 17.4 Å². The maximum absolute atomic E-state index is 12.7. The summed E-state index contributed by atoms with van der Waals surface area (Å²) < 4.78 is 0. The van der Waals surface area contributed by atoms with Gasteiger partial charge in [0.05, 0.1) is 11.3 Å². The Labute approximate surface area is 120 Å². The Kier molecular flexibility index (Phi) is 5.02. The molecular weight excluding hydrogens is 256 g/mol. The Balaban J connectivity index is 2.03. The largest absolute Gasteiger partial charge is 0.481 e. The number of hydrogen-bond donors (Lipinski definition) is 3. The number of aliphatic carboxylic acids is 1. The van der Waals surface area contributed by atoms with Crippen LogP contribution in [0.5, 0.6) is 0 Å². The number of hydrogen-bond acceptors (Lipinski definition) is 3. The lowest BCUT2D eigenvalue weighted by Gasteiger charge is -2.38. The van der Waals surface area contributed by atoms with E-state index in [0.29, 0.717) is 6.42 Å². The average molecular weight is 282 g/mol. The van der Waals surface area contributed by atoms with Gasteiger partial charge in [-0.2, -0.15) is 0 Å². The Morgan fingerprint density at radius 3 is 2.50 bits per heavy atom. The summed E-state index contributed by atoms with van der Waals surface area (Å²) in [5, 5.41) is 15.6. The third-order valence-electron chi connectivity index (χ3n) is 5.12. The van der Waals surface area contributed by atoms with E-state index in [1.54, 1.807) is 0 Å². The molecule has 2 rings (SSSR count). The van der Waals surface area contributed by atoms with E-state index in [0.717, 1.165) is 51.6 Å². The van der Waals surface area contributed by atoms with Crippen molar-refractivity contribution in [1.29, 1.82) is 0 Å². The molecule has 3 N–H and O–H groups in total. The van der Waals surface area contributed by atoms with Crippen LogP contribution < -0.4 is 10.6 Å². The molecule has 1 aliphatic heterocycles. The molecule has 0 bridgehead atoms. The first-order chi connectivity index (χ1) is 9.59. The van der Waals surface area contributed by atoms with Gasteiger partial charge in [0, 0.05) is 6.04 Å². The molecule has 0 aromatic heterocycles. The van der Waals surface area contributed by atoms with Gasteiger partial charge in [0.1, 0.15) is 0 Å². The summed E-state index contributed by atoms with van der Waals surface area (Å²) in [5.74, 6) is -1.12.